The first-order valence-corrected chi connectivity index (χ1v) is 6.66. The second-order valence-corrected chi connectivity index (χ2v) is 5.10. The van der Waals surface area contributed by atoms with Crippen molar-refractivity contribution in [3.05, 3.63) is 46.1 Å². The van der Waals surface area contributed by atoms with Crippen molar-refractivity contribution in [3.8, 4) is 0 Å². The molecule has 1 heterocycles. The molecule has 0 saturated carbocycles. The molecule has 0 aliphatic carbocycles. The van der Waals surface area contributed by atoms with Gasteiger partial charge >= 0.3 is 0 Å². The molecule has 0 aliphatic rings. The van der Waals surface area contributed by atoms with E-state index in [-0.39, 0.29) is 21.9 Å². The van der Waals surface area contributed by atoms with Crippen LogP contribution in [0.4, 0.5) is 5.69 Å². The molecular weight excluding hydrogens is 264 g/mol. The third kappa shape index (κ3) is 2.54. The highest BCUT2D eigenvalue weighted by atomic mass is 35.5. The first kappa shape index (κ1) is 13.7. The zero-order valence-electron chi connectivity index (χ0n) is 10.8. The van der Waals surface area contributed by atoms with E-state index in [0.29, 0.717) is 10.9 Å². The molecule has 4 nitrogen and oxygen atoms in total. The fourth-order valence-electron chi connectivity index (χ4n) is 2.25. The molecule has 2 aromatic rings. The van der Waals surface area contributed by atoms with Gasteiger partial charge in [-0.3, -0.25) is 15.1 Å². The van der Waals surface area contributed by atoms with Crippen molar-refractivity contribution in [2.75, 3.05) is 0 Å². The number of benzene rings is 1. The first-order valence-electron chi connectivity index (χ1n) is 6.22. The normalized spacial score (nSPS) is 14.3. The first-order chi connectivity index (χ1) is 9.06. The van der Waals surface area contributed by atoms with Gasteiger partial charge in [-0.2, -0.15) is 0 Å². The van der Waals surface area contributed by atoms with Gasteiger partial charge in [0.2, 0.25) is 0 Å². The summed E-state index contributed by atoms with van der Waals surface area (Å²) in [4.78, 5) is 15.0. The maximum atomic E-state index is 11.0. The zero-order valence-corrected chi connectivity index (χ0v) is 11.6. The number of nitrogens with zero attached hydrogens (tertiary/aromatic N) is 2. The van der Waals surface area contributed by atoms with Crippen LogP contribution in [0.1, 0.15) is 31.7 Å². The number of pyridine rings is 1. The molecule has 0 bridgehead atoms. The molecule has 0 radical (unpaired) electrons. The van der Waals surface area contributed by atoms with Gasteiger partial charge in [0.05, 0.1) is 15.8 Å². The lowest BCUT2D eigenvalue weighted by Crippen LogP contribution is -2.09. The maximum absolute atomic E-state index is 11.0. The quantitative estimate of drug-likeness (QED) is 0.477. The van der Waals surface area contributed by atoms with E-state index in [4.69, 9.17) is 11.6 Å². The fraction of sp³-hybridized carbons (Fsp3) is 0.357. The Kier molecular flexibility index (Phi) is 4.00. The van der Waals surface area contributed by atoms with E-state index in [1.807, 2.05) is 13.8 Å². The topological polar surface area (TPSA) is 56.0 Å². The number of nitro benzene ring substituents is 1. The summed E-state index contributed by atoms with van der Waals surface area (Å²) in [5.41, 5.74) is 1.72. The van der Waals surface area contributed by atoms with Crippen LogP contribution in [-0.4, -0.2) is 15.3 Å². The Morgan fingerprint density at radius 3 is 2.79 bits per heavy atom. The van der Waals surface area contributed by atoms with Gasteiger partial charge in [-0.1, -0.05) is 13.8 Å². The van der Waals surface area contributed by atoms with Crippen LogP contribution in [0, 0.1) is 10.1 Å². The summed E-state index contributed by atoms with van der Waals surface area (Å²) in [7, 11) is 0. The van der Waals surface area contributed by atoms with Crippen molar-refractivity contribution in [1.29, 1.82) is 0 Å². The number of hydrogen-bond donors (Lipinski definition) is 0. The zero-order chi connectivity index (χ0) is 14.0. The SMILES string of the molecule is CCC(Cl)C(C)c1ccc([N+](=O)[O-])c2cccnc12. The Balaban J connectivity index is 2.65. The molecule has 5 heteroatoms. The van der Waals surface area contributed by atoms with E-state index in [9.17, 15) is 10.1 Å². The van der Waals surface area contributed by atoms with Crippen molar-refractivity contribution >= 4 is 28.2 Å². The number of aromatic nitrogens is 1. The Labute approximate surface area is 116 Å². The second-order valence-electron chi connectivity index (χ2n) is 4.54. The molecule has 0 fully saturated rings. The predicted molar refractivity (Wildman–Crippen MR) is 76.7 cm³/mol. The summed E-state index contributed by atoms with van der Waals surface area (Å²) in [6.45, 7) is 4.05. The van der Waals surface area contributed by atoms with Crippen LogP contribution in [0.3, 0.4) is 0 Å². The highest BCUT2D eigenvalue weighted by molar-refractivity contribution is 6.21. The fourth-order valence-corrected chi connectivity index (χ4v) is 2.39. The number of non-ortho nitro benzene ring substituents is 1. The molecule has 2 unspecified atom stereocenters. The summed E-state index contributed by atoms with van der Waals surface area (Å²) in [6, 6.07) is 6.74. The molecule has 100 valence electrons. The molecule has 0 spiro atoms. The predicted octanol–water partition coefficient (Wildman–Crippen LogP) is 4.26. The lowest BCUT2D eigenvalue weighted by atomic mass is 9.93. The minimum absolute atomic E-state index is 0.00772. The van der Waals surface area contributed by atoms with E-state index in [2.05, 4.69) is 4.98 Å². The van der Waals surface area contributed by atoms with Crippen LogP contribution in [0.25, 0.3) is 10.9 Å². The Morgan fingerprint density at radius 1 is 1.42 bits per heavy atom. The summed E-state index contributed by atoms with van der Waals surface area (Å²) in [5.74, 6) is 0.102. The minimum Gasteiger partial charge on any atom is -0.258 e. The van der Waals surface area contributed by atoms with Gasteiger partial charge < -0.3 is 0 Å². The number of alkyl halides is 1. The second kappa shape index (κ2) is 5.53. The highest BCUT2D eigenvalue weighted by Crippen LogP contribution is 2.34. The van der Waals surface area contributed by atoms with E-state index in [1.165, 1.54) is 6.07 Å². The lowest BCUT2D eigenvalue weighted by Gasteiger charge is -2.18. The lowest BCUT2D eigenvalue weighted by molar-refractivity contribution is -0.383. The third-order valence-corrected chi connectivity index (χ3v) is 4.08. The largest absolute Gasteiger partial charge is 0.278 e. The van der Waals surface area contributed by atoms with E-state index in [1.54, 1.807) is 24.4 Å². The molecule has 1 aromatic heterocycles. The smallest absolute Gasteiger partial charge is 0.258 e. The monoisotopic (exact) mass is 278 g/mol. The average Bonchev–Trinajstić information content (AvgIpc) is 2.44. The van der Waals surface area contributed by atoms with Gasteiger partial charge in [0, 0.05) is 17.6 Å². The van der Waals surface area contributed by atoms with E-state index < -0.39 is 0 Å². The van der Waals surface area contributed by atoms with Crippen LogP contribution >= 0.6 is 11.6 Å². The molecule has 2 rings (SSSR count). The van der Waals surface area contributed by atoms with Crippen LogP contribution in [0.2, 0.25) is 0 Å². The Bertz CT molecular complexity index is 615. The van der Waals surface area contributed by atoms with Crippen molar-refractivity contribution < 1.29 is 4.92 Å². The van der Waals surface area contributed by atoms with Crippen molar-refractivity contribution in [2.45, 2.75) is 31.6 Å². The van der Waals surface area contributed by atoms with Crippen molar-refractivity contribution in [1.82, 2.24) is 4.98 Å². The van der Waals surface area contributed by atoms with Gasteiger partial charge in [-0.05, 0) is 36.1 Å². The molecule has 2 atom stereocenters. The summed E-state index contributed by atoms with van der Waals surface area (Å²) in [5, 5.41) is 11.6. The molecule has 0 saturated heterocycles. The average molecular weight is 279 g/mol. The van der Waals surface area contributed by atoms with Crippen molar-refractivity contribution in [3.63, 3.8) is 0 Å². The maximum Gasteiger partial charge on any atom is 0.278 e. The Morgan fingerprint density at radius 2 is 2.16 bits per heavy atom. The molecule has 1 aromatic carbocycles. The summed E-state index contributed by atoms with van der Waals surface area (Å²) >= 11 is 6.29. The van der Waals surface area contributed by atoms with E-state index in [0.717, 1.165) is 12.0 Å². The third-order valence-electron chi connectivity index (χ3n) is 3.40. The Hall–Kier alpha value is -1.68. The van der Waals surface area contributed by atoms with Gasteiger partial charge in [-0.15, -0.1) is 11.6 Å². The minimum atomic E-state index is -0.379. The summed E-state index contributed by atoms with van der Waals surface area (Å²) in [6.07, 6.45) is 2.49. The number of rotatable bonds is 4. The molecule has 19 heavy (non-hydrogen) atoms. The standard InChI is InChI=1S/C14H15ClN2O2/c1-3-12(15)9(2)10-6-7-13(17(18)19)11-5-4-8-16-14(10)11/h4-9,12H,3H2,1-2H3. The van der Waals surface area contributed by atoms with Gasteiger partial charge in [0.1, 0.15) is 0 Å². The van der Waals surface area contributed by atoms with Crippen molar-refractivity contribution in [2.24, 2.45) is 0 Å². The number of nitro groups is 1. The number of halogens is 1. The number of hydrogen-bond acceptors (Lipinski definition) is 3. The van der Waals surface area contributed by atoms with Crippen LogP contribution in [0.15, 0.2) is 30.5 Å². The van der Waals surface area contributed by atoms with E-state index >= 15 is 0 Å². The summed E-state index contributed by atoms with van der Waals surface area (Å²) < 4.78 is 0. The molecule has 0 N–H and O–H groups in total. The van der Waals surface area contributed by atoms with Gasteiger partial charge in [0.25, 0.3) is 5.69 Å². The van der Waals surface area contributed by atoms with Crippen LogP contribution in [0.5, 0.6) is 0 Å². The van der Waals surface area contributed by atoms with Crippen LogP contribution in [-0.2, 0) is 0 Å². The number of fused-ring (bicyclic) bond motifs is 1. The van der Waals surface area contributed by atoms with Gasteiger partial charge in [-0.25, -0.2) is 0 Å². The van der Waals surface area contributed by atoms with Gasteiger partial charge in [0.15, 0.2) is 0 Å². The molecule has 0 amide bonds. The van der Waals surface area contributed by atoms with Crippen LogP contribution < -0.4 is 0 Å². The molecular formula is C14H15ClN2O2. The highest BCUT2D eigenvalue weighted by Gasteiger charge is 2.21. The molecule has 0 aliphatic heterocycles.